The Labute approximate surface area is 109 Å². The van der Waals surface area contributed by atoms with Gasteiger partial charge in [-0.3, -0.25) is 4.98 Å². The molecule has 0 aliphatic heterocycles. The third-order valence-electron chi connectivity index (χ3n) is 3.10. The van der Waals surface area contributed by atoms with Crippen LogP contribution in [-0.4, -0.2) is 4.98 Å². The maximum atomic E-state index is 6.01. The lowest BCUT2D eigenvalue weighted by Crippen LogP contribution is -1.94. The Morgan fingerprint density at radius 3 is 2.50 bits per heavy atom. The summed E-state index contributed by atoms with van der Waals surface area (Å²) >= 11 is 0. The average Bonchev–Trinajstić information content (AvgIpc) is 2.37. The molecule has 2 rings (SSSR count). The van der Waals surface area contributed by atoms with E-state index in [2.05, 4.69) is 36.2 Å². The van der Waals surface area contributed by atoms with Gasteiger partial charge in [-0.05, 0) is 37.0 Å². The Kier molecular flexibility index (Phi) is 3.98. The van der Waals surface area contributed by atoms with Crippen molar-refractivity contribution >= 4 is 5.69 Å². The first-order valence-electron chi connectivity index (χ1n) is 6.52. The smallest absolute Gasteiger partial charge is 0.0931 e. The lowest BCUT2D eigenvalue weighted by atomic mass is 10.0. The fourth-order valence-corrected chi connectivity index (χ4v) is 2.04. The summed E-state index contributed by atoms with van der Waals surface area (Å²) in [6.07, 6.45) is 5.47. The highest BCUT2D eigenvalue weighted by Crippen LogP contribution is 2.24. The second-order valence-corrected chi connectivity index (χ2v) is 4.75. The Balaban J connectivity index is 2.23. The zero-order valence-corrected chi connectivity index (χ0v) is 11.1. The quantitative estimate of drug-likeness (QED) is 0.877. The third kappa shape index (κ3) is 2.89. The van der Waals surface area contributed by atoms with Crippen LogP contribution in [0.5, 0.6) is 0 Å². The molecule has 0 radical (unpaired) electrons. The predicted molar refractivity (Wildman–Crippen MR) is 77.4 cm³/mol. The van der Waals surface area contributed by atoms with Crippen LogP contribution in [0.25, 0.3) is 11.3 Å². The van der Waals surface area contributed by atoms with Crippen LogP contribution in [0.4, 0.5) is 5.69 Å². The van der Waals surface area contributed by atoms with Crippen molar-refractivity contribution in [2.45, 2.75) is 33.1 Å². The van der Waals surface area contributed by atoms with E-state index in [0.29, 0.717) is 0 Å². The maximum absolute atomic E-state index is 6.01. The number of anilines is 1. The standard InChI is InChI=1S/C16H20N2/c1-3-4-5-13-6-8-14(9-7-13)16-15(17)10-12(2)11-18-16/h6-11H,3-5,17H2,1-2H3. The third-order valence-corrected chi connectivity index (χ3v) is 3.10. The molecule has 0 fully saturated rings. The molecule has 0 saturated carbocycles. The number of rotatable bonds is 4. The van der Waals surface area contributed by atoms with E-state index >= 15 is 0 Å². The van der Waals surface area contributed by atoms with Crippen LogP contribution in [0.2, 0.25) is 0 Å². The van der Waals surface area contributed by atoms with E-state index in [1.54, 1.807) is 0 Å². The van der Waals surface area contributed by atoms with E-state index in [9.17, 15) is 0 Å². The van der Waals surface area contributed by atoms with E-state index in [-0.39, 0.29) is 0 Å². The van der Waals surface area contributed by atoms with Crippen LogP contribution in [-0.2, 0) is 6.42 Å². The second kappa shape index (κ2) is 5.67. The lowest BCUT2D eigenvalue weighted by molar-refractivity contribution is 0.795. The first-order valence-corrected chi connectivity index (χ1v) is 6.52. The van der Waals surface area contributed by atoms with Crippen LogP contribution in [0, 0.1) is 6.92 Å². The Bertz CT molecular complexity index is 515. The van der Waals surface area contributed by atoms with Crippen molar-refractivity contribution in [1.82, 2.24) is 4.98 Å². The molecule has 1 aromatic carbocycles. The molecule has 0 aliphatic carbocycles. The molecule has 1 aromatic heterocycles. The molecule has 0 bridgehead atoms. The minimum absolute atomic E-state index is 0.747. The molecule has 2 N–H and O–H groups in total. The van der Waals surface area contributed by atoms with E-state index in [1.807, 2.05) is 19.2 Å². The number of nitrogen functional groups attached to an aromatic ring is 1. The minimum Gasteiger partial charge on any atom is -0.397 e. The van der Waals surface area contributed by atoms with Gasteiger partial charge in [0.25, 0.3) is 0 Å². The predicted octanol–water partition coefficient (Wildman–Crippen LogP) is 3.98. The number of aryl methyl sites for hydroxylation is 2. The van der Waals surface area contributed by atoms with Gasteiger partial charge in [-0.25, -0.2) is 0 Å². The number of nitrogens with zero attached hydrogens (tertiary/aromatic N) is 1. The normalized spacial score (nSPS) is 10.6. The molecule has 1 heterocycles. The number of hydrogen-bond donors (Lipinski definition) is 1. The average molecular weight is 240 g/mol. The molecule has 94 valence electrons. The zero-order valence-electron chi connectivity index (χ0n) is 11.1. The van der Waals surface area contributed by atoms with Crippen LogP contribution >= 0.6 is 0 Å². The van der Waals surface area contributed by atoms with Crippen molar-refractivity contribution in [2.75, 3.05) is 5.73 Å². The van der Waals surface area contributed by atoms with Crippen molar-refractivity contribution in [2.24, 2.45) is 0 Å². The van der Waals surface area contributed by atoms with Crippen molar-refractivity contribution in [3.8, 4) is 11.3 Å². The first-order chi connectivity index (χ1) is 8.70. The van der Waals surface area contributed by atoms with Crippen LogP contribution in [0.3, 0.4) is 0 Å². The fourth-order valence-electron chi connectivity index (χ4n) is 2.04. The highest BCUT2D eigenvalue weighted by atomic mass is 14.7. The largest absolute Gasteiger partial charge is 0.397 e. The van der Waals surface area contributed by atoms with E-state index < -0.39 is 0 Å². The van der Waals surface area contributed by atoms with Gasteiger partial charge in [-0.1, -0.05) is 37.6 Å². The number of benzene rings is 1. The highest BCUT2D eigenvalue weighted by molar-refractivity contribution is 5.72. The lowest BCUT2D eigenvalue weighted by Gasteiger charge is -2.07. The summed E-state index contributed by atoms with van der Waals surface area (Å²) in [7, 11) is 0. The number of hydrogen-bond acceptors (Lipinski definition) is 2. The molecule has 2 heteroatoms. The highest BCUT2D eigenvalue weighted by Gasteiger charge is 2.04. The summed E-state index contributed by atoms with van der Waals surface area (Å²) in [6.45, 7) is 4.21. The topological polar surface area (TPSA) is 38.9 Å². The molecule has 2 aromatic rings. The summed E-state index contributed by atoms with van der Waals surface area (Å²) in [6, 6.07) is 10.5. The SMILES string of the molecule is CCCCc1ccc(-c2ncc(C)cc2N)cc1. The molecule has 0 amide bonds. The van der Waals surface area contributed by atoms with Gasteiger partial charge >= 0.3 is 0 Å². The summed E-state index contributed by atoms with van der Waals surface area (Å²) in [5, 5.41) is 0. The van der Waals surface area contributed by atoms with Crippen LogP contribution < -0.4 is 5.73 Å². The maximum Gasteiger partial charge on any atom is 0.0931 e. The van der Waals surface area contributed by atoms with E-state index in [4.69, 9.17) is 5.73 Å². The van der Waals surface area contributed by atoms with Gasteiger partial charge in [0.15, 0.2) is 0 Å². The molecule has 2 nitrogen and oxygen atoms in total. The Hall–Kier alpha value is -1.83. The van der Waals surface area contributed by atoms with Gasteiger partial charge in [0.2, 0.25) is 0 Å². The first kappa shape index (κ1) is 12.6. The van der Waals surface area contributed by atoms with Crippen molar-refractivity contribution < 1.29 is 0 Å². The summed E-state index contributed by atoms with van der Waals surface area (Å²) in [4.78, 5) is 4.41. The number of aromatic nitrogens is 1. The second-order valence-electron chi connectivity index (χ2n) is 4.75. The zero-order chi connectivity index (χ0) is 13.0. The molecule has 0 unspecified atom stereocenters. The van der Waals surface area contributed by atoms with Crippen molar-refractivity contribution in [3.63, 3.8) is 0 Å². The fraction of sp³-hybridized carbons (Fsp3) is 0.312. The molecular weight excluding hydrogens is 220 g/mol. The summed E-state index contributed by atoms with van der Waals surface area (Å²) in [5.41, 5.74) is 11.2. The Morgan fingerprint density at radius 2 is 1.89 bits per heavy atom. The molecule has 0 saturated heterocycles. The minimum atomic E-state index is 0.747. The monoisotopic (exact) mass is 240 g/mol. The van der Waals surface area contributed by atoms with Gasteiger partial charge in [-0.15, -0.1) is 0 Å². The van der Waals surface area contributed by atoms with Gasteiger partial charge < -0.3 is 5.73 Å². The molecule has 0 aliphatic rings. The summed E-state index contributed by atoms with van der Waals surface area (Å²) < 4.78 is 0. The Morgan fingerprint density at radius 1 is 1.17 bits per heavy atom. The molecule has 0 atom stereocenters. The van der Waals surface area contributed by atoms with E-state index in [1.165, 1.54) is 18.4 Å². The number of nitrogens with two attached hydrogens (primary N) is 1. The number of pyridine rings is 1. The van der Waals surface area contributed by atoms with Gasteiger partial charge in [-0.2, -0.15) is 0 Å². The molecule has 18 heavy (non-hydrogen) atoms. The van der Waals surface area contributed by atoms with Gasteiger partial charge in [0.1, 0.15) is 0 Å². The van der Waals surface area contributed by atoms with Crippen molar-refractivity contribution in [3.05, 3.63) is 47.7 Å². The van der Waals surface area contributed by atoms with Crippen molar-refractivity contribution in [1.29, 1.82) is 0 Å². The summed E-state index contributed by atoms with van der Waals surface area (Å²) in [5.74, 6) is 0. The van der Waals surface area contributed by atoms with E-state index in [0.717, 1.165) is 28.9 Å². The van der Waals surface area contributed by atoms with Crippen LogP contribution in [0.15, 0.2) is 36.5 Å². The molecular formula is C16H20N2. The van der Waals surface area contributed by atoms with Gasteiger partial charge in [0, 0.05) is 11.8 Å². The number of unbranched alkanes of at least 4 members (excludes halogenated alkanes) is 1. The van der Waals surface area contributed by atoms with Crippen LogP contribution in [0.1, 0.15) is 30.9 Å². The van der Waals surface area contributed by atoms with Gasteiger partial charge in [0.05, 0.1) is 11.4 Å². The molecule has 0 spiro atoms.